The van der Waals surface area contributed by atoms with Crippen LogP contribution in [-0.2, 0) is 0 Å². The van der Waals surface area contributed by atoms with Crippen molar-refractivity contribution in [3.63, 3.8) is 0 Å². The predicted octanol–water partition coefficient (Wildman–Crippen LogP) is 3.17. The van der Waals surface area contributed by atoms with E-state index in [1.165, 1.54) is 11.0 Å². The Balaban J connectivity index is 2.29. The highest BCUT2D eigenvalue weighted by Gasteiger charge is 2.04. The average Bonchev–Trinajstić information content (AvgIpc) is 2.39. The number of pyridine rings is 1. The lowest BCUT2D eigenvalue weighted by Gasteiger charge is -2.02. The van der Waals surface area contributed by atoms with Crippen LogP contribution < -0.4 is 0 Å². The van der Waals surface area contributed by atoms with E-state index in [1.807, 2.05) is 30.5 Å². The van der Waals surface area contributed by atoms with E-state index < -0.39 is 5.97 Å². The van der Waals surface area contributed by atoms with Gasteiger partial charge in [0.05, 0.1) is 0 Å². The highest BCUT2D eigenvalue weighted by Crippen LogP contribution is 2.22. The molecule has 0 aliphatic carbocycles. The molecule has 2 rings (SSSR count). The van der Waals surface area contributed by atoms with Crippen LogP contribution in [0.4, 0.5) is 0 Å². The van der Waals surface area contributed by atoms with E-state index in [-0.39, 0.29) is 5.69 Å². The van der Waals surface area contributed by atoms with Crippen molar-refractivity contribution in [2.45, 2.75) is 4.90 Å². The smallest absolute Gasteiger partial charge is 0.354 e. The fraction of sp³-hybridized carbons (Fsp3) is 0.0769. The Morgan fingerprint density at radius 3 is 2.24 bits per heavy atom. The molecule has 0 fully saturated rings. The number of aromatic carboxylic acids is 1. The highest BCUT2D eigenvalue weighted by atomic mass is 32.2. The largest absolute Gasteiger partial charge is 0.477 e. The Hall–Kier alpha value is -1.81. The molecule has 86 valence electrons. The van der Waals surface area contributed by atoms with Crippen molar-refractivity contribution < 1.29 is 9.90 Å². The topological polar surface area (TPSA) is 50.2 Å². The highest BCUT2D eigenvalue weighted by molar-refractivity contribution is 7.98. The molecule has 3 nitrogen and oxygen atoms in total. The van der Waals surface area contributed by atoms with Crippen LogP contribution >= 0.6 is 11.8 Å². The van der Waals surface area contributed by atoms with E-state index in [4.69, 9.17) is 5.11 Å². The normalized spacial score (nSPS) is 10.2. The van der Waals surface area contributed by atoms with Gasteiger partial charge in [-0.05, 0) is 30.0 Å². The quantitative estimate of drug-likeness (QED) is 0.844. The van der Waals surface area contributed by atoms with Gasteiger partial charge in [-0.25, -0.2) is 9.78 Å². The fourth-order valence-electron chi connectivity index (χ4n) is 1.47. The third kappa shape index (κ3) is 2.65. The molecular formula is C13H11NO2S. The van der Waals surface area contributed by atoms with Crippen LogP contribution in [-0.4, -0.2) is 22.3 Å². The Morgan fingerprint density at radius 2 is 1.76 bits per heavy atom. The zero-order chi connectivity index (χ0) is 12.3. The number of carbonyl (C=O) groups is 1. The molecule has 2 aromatic rings. The third-order valence-electron chi connectivity index (χ3n) is 2.41. The van der Waals surface area contributed by atoms with Gasteiger partial charge in [-0.2, -0.15) is 0 Å². The van der Waals surface area contributed by atoms with Crippen molar-refractivity contribution in [2.24, 2.45) is 0 Å². The average molecular weight is 245 g/mol. The standard InChI is InChI=1S/C13H11NO2S/c1-17-11-5-2-9(3-6-11)10-4-7-12(13(15)16)14-8-10/h2-8H,1H3,(H,15,16). The van der Waals surface area contributed by atoms with Crippen LogP contribution in [0.3, 0.4) is 0 Å². The van der Waals surface area contributed by atoms with Gasteiger partial charge in [0.2, 0.25) is 0 Å². The van der Waals surface area contributed by atoms with Gasteiger partial charge in [0.1, 0.15) is 5.69 Å². The second kappa shape index (κ2) is 5.01. The fourth-order valence-corrected chi connectivity index (χ4v) is 1.88. The first kappa shape index (κ1) is 11.7. The number of nitrogens with zero attached hydrogens (tertiary/aromatic N) is 1. The molecule has 0 saturated heterocycles. The summed E-state index contributed by atoms with van der Waals surface area (Å²) < 4.78 is 0. The number of aromatic nitrogens is 1. The second-order valence-corrected chi connectivity index (χ2v) is 4.35. The van der Waals surface area contributed by atoms with Gasteiger partial charge in [0.15, 0.2) is 0 Å². The first-order valence-corrected chi connectivity index (χ1v) is 6.27. The molecule has 0 amide bonds. The molecule has 0 unspecified atom stereocenters. The molecular weight excluding hydrogens is 234 g/mol. The molecule has 1 heterocycles. The second-order valence-electron chi connectivity index (χ2n) is 3.47. The summed E-state index contributed by atoms with van der Waals surface area (Å²) in [6, 6.07) is 11.4. The minimum Gasteiger partial charge on any atom is -0.477 e. The molecule has 0 aliphatic heterocycles. The van der Waals surface area contributed by atoms with E-state index in [0.717, 1.165) is 11.1 Å². The van der Waals surface area contributed by atoms with E-state index >= 15 is 0 Å². The monoisotopic (exact) mass is 245 g/mol. The van der Waals surface area contributed by atoms with E-state index in [1.54, 1.807) is 24.0 Å². The maximum absolute atomic E-state index is 10.7. The lowest BCUT2D eigenvalue weighted by Crippen LogP contribution is -1.99. The van der Waals surface area contributed by atoms with E-state index in [9.17, 15) is 4.79 Å². The Kier molecular flexibility index (Phi) is 3.44. The third-order valence-corrected chi connectivity index (χ3v) is 3.15. The zero-order valence-corrected chi connectivity index (χ0v) is 10.1. The minimum atomic E-state index is -1.01. The molecule has 0 radical (unpaired) electrons. The molecule has 1 aromatic carbocycles. The summed E-state index contributed by atoms with van der Waals surface area (Å²) in [5, 5.41) is 8.75. The number of rotatable bonds is 3. The van der Waals surface area contributed by atoms with Gasteiger partial charge >= 0.3 is 5.97 Å². The van der Waals surface area contributed by atoms with Crippen molar-refractivity contribution in [1.29, 1.82) is 0 Å². The number of benzene rings is 1. The van der Waals surface area contributed by atoms with Gasteiger partial charge in [-0.3, -0.25) is 0 Å². The summed E-state index contributed by atoms with van der Waals surface area (Å²) in [5.74, 6) is -1.01. The number of hydrogen-bond acceptors (Lipinski definition) is 3. The van der Waals surface area contributed by atoms with Gasteiger partial charge in [0.25, 0.3) is 0 Å². The first-order chi connectivity index (χ1) is 8.20. The van der Waals surface area contributed by atoms with Crippen molar-refractivity contribution in [1.82, 2.24) is 4.98 Å². The molecule has 17 heavy (non-hydrogen) atoms. The Labute approximate surface area is 104 Å². The number of thioether (sulfide) groups is 1. The van der Waals surface area contributed by atoms with Crippen LogP contribution in [0.2, 0.25) is 0 Å². The number of carboxylic acids is 1. The summed E-state index contributed by atoms with van der Waals surface area (Å²) in [5.41, 5.74) is 2.02. The van der Waals surface area contributed by atoms with Gasteiger partial charge in [-0.1, -0.05) is 18.2 Å². The summed E-state index contributed by atoms with van der Waals surface area (Å²) >= 11 is 1.69. The molecule has 0 bridgehead atoms. The van der Waals surface area contributed by atoms with Crippen LogP contribution in [0.15, 0.2) is 47.5 Å². The lowest BCUT2D eigenvalue weighted by atomic mass is 10.1. The van der Waals surface area contributed by atoms with Crippen molar-refractivity contribution in [3.05, 3.63) is 48.3 Å². The van der Waals surface area contributed by atoms with Crippen LogP contribution in [0.25, 0.3) is 11.1 Å². The van der Waals surface area contributed by atoms with Crippen LogP contribution in [0.5, 0.6) is 0 Å². The number of hydrogen-bond donors (Lipinski definition) is 1. The predicted molar refractivity (Wildman–Crippen MR) is 68.4 cm³/mol. The maximum atomic E-state index is 10.7. The van der Waals surface area contributed by atoms with E-state index in [0.29, 0.717) is 0 Å². The van der Waals surface area contributed by atoms with Crippen LogP contribution in [0.1, 0.15) is 10.5 Å². The molecule has 0 atom stereocenters. The Bertz CT molecular complexity index is 520. The van der Waals surface area contributed by atoms with Gasteiger partial charge in [0, 0.05) is 16.7 Å². The van der Waals surface area contributed by atoms with Gasteiger partial charge < -0.3 is 5.11 Å². The zero-order valence-electron chi connectivity index (χ0n) is 9.25. The summed E-state index contributed by atoms with van der Waals surface area (Å²) in [6.45, 7) is 0. The SMILES string of the molecule is CSc1ccc(-c2ccc(C(=O)O)nc2)cc1. The first-order valence-electron chi connectivity index (χ1n) is 5.04. The van der Waals surface area contributed by atoms with Crippen molar-refractivity contribution in [3.8, 4) is 11.1 Å². The van der Waals surface area contributed by atoms with Gasteiger partial charge in [-0.15, -0.1) is 11.8 Å². The minimum absolute atomic E-state index is 0.0643. The molecule has 1 aromatic heterocycles. The molecule has 0 saturated carbocycles. The van der Waals surface area contributed by atoms with Crippen molar-refractivity contribution >= 4 is 17.7 Å². The summed E-state index contributed by atoms with van der Waals surface area (Å²) in [4.78, 5) is 15.8. The summed E-state index contributed by atoms with van der Waals surface area (Å²) in [6.07, 6.45) is 3.61. The van der Waals surface area contributed by atoms with Crippen LogP contribution in [0, 0.1) is 0 Å². The molecule has 4 heteroatoms. The lowest BCUT2D eigenvalue weighted by molar-refractivity contribution is 0.0690. The molecule has 0 aliphatic rings. The Morgan fingerprint density at radius 1 is 1.12 bits per heavy atom. The molecule has 0 spiro atoms. The van der Waals surface area contributed by atoms with E-state index in [2.05, 4.69) is 4.98 Å². The summed E-state index contributed by atoms with van der Waals surface area (Å²) in [7, 11) is 0. The number of carboxylic acid groups (broad SMARTS) is 1. The maximum Gasteiger partial charge on any atom is 0.354 e. The van der Waals surface area contributed by atoms with Crippen molar-refractivity contribution in [2.75, 3.05) is 6.26 Å². The molecule has 1 N–H and O–H groups in total.